The average molecular weight is 256 g/mol. The summed E-state index contributed by atoms with van der Waals surface area (Å²) in [7, 11) is -1.72. The van der Waals surface area contributed by atoms with Crippen molar-refractivity contribution in [3.8, 4) is 0 Å². The van der Waals surface area contributed by atoms with E-state index in [0.717, 1.165) is 12.8 Å². The highest BCUT2D eigenvalue weighted by Crippen LogP contribution is 2.20. The normalized spacial score (nSPS) is 19.4. The molecule has 0 radical (unpaired) electrons. The van der Waals surface area contributed by atoms with Gasteiger partial charge in [-0.05, 0) is 25.0 Å². The van der Waals surface area contributed by atoms with E-state index in [1.165, 1.54) is 10.5 Å². The van der Waals surface area contributed by atoms with Gasteiger partial charge in [-0.15, -0.1) is 0 Å². The SMILES string of the molecule is COC1CCN(S(=O)(=O)c2cccnc2)CC1. The Labute approximate surface area is 101 Å². The summed E-state index contributed by atoms with van der Waals surface area (Å²) in [5.41, 5.74) is 0. The van der Waals surface area contributed by atoms with Gasteiger partial charge in [-0.2, -0.15) is 4.31 Å². The molecule has 1 aliphatic heterocycles. The fraction of sp³-hybridized carbons (Fsp3) is 0.545. The van der Waals surface area contributed by atoms with Crippen molar-refractivity contribution in [2.24, 2.45) is 0 Å². The van der Waals surface area contributed by atoms with Gasteiger partial charge in [-0.1, -0.05) is 0 Å². The first-order valence-corrected chi connectivity index (χ1v) is 7.01. The van der Waals surface area contributed by atoms with E-state index in [1.807, 2.05) is 0 Å². The van der Waals surface area contributed by atoms with Crippen LogP contribution in [0.1, 0.15) is 12.8 Å². The highest BCUT2D eigenvalue weighted by molar-refractivity contribution is 7.89. The summed E-state index contributed by atoms with van der Waals surface area (Å²) in [6, 6.07) is 3.21. The van der Waals surface area contributed by atoms with Gasteiger partial charge in [-0.3, -0.25) is 4.98 Å². The smallest absolute Gasteiger partial charge is 0.244 e. The molecule has 0 spiro atoms. The van der Waals surface area contributed by atoms with Crippen molar-refractivity contribution in [3.63, 3.8) is 0 Å². The highest BCUT2D eigenvalue weighted by atomic mass is 32.2. The second kappa shape index (κ2) is 5.12. The van der Waals surface area contributed by atoms with Gasteiger partial charge in [0.2, 0.25) is 10.0 Å². The number of piperidine rings is 1. The Morgan fingerprint density at radius 1 is 1.41 bits per heavy atom. The Kier molecular flexibility index (Phi) is 3.76. The summed E-state index contributed by atoms with van der Waals surface area (Å²) in [4.78, 5) is 4.11. The second-order valence-electron chi connectivity index (χ2n) is 4.03. The van der Waals surface area contributed by atoms with Crippen LogP contribution in [-0.2, 0) is 14.8 Å². The third kappa shape index (κ3) is 2.65. The summed E-state index contributed by atoms with van der Waals surface area (Å²) >= 11 is 0. The van der Waals surface area contributed by atoms with Crippen LogP contribution < -0.4 is 0 Å². The number of aromatic nitrogens is 1. The van der Waals surface area contributed by atoms with Gasteiger partial charge in [0.05, 0.1) is 6.10 Å². The molecule has 2 rings (SSSR count). The second-order valence-corrected chi connectivity index (χ2v) is 5.97. The number of nitrogens with zero attached hydrogens (tertiary/aromatic N) is 2. The number of pyridine rings is 1. The van der Waals surface area contributed by atoms with Gasteiger partial charge in [0, 0.05) is 32.6 Å². The Morgan fingerprint density at radius 3 is 2.65 bits per heavy atom. The molecule has 1 aromatic rings. The number of methoxy groups -OCH3 is 1. The fourth-order valence-electron chi connectivity index (χ4n) is 1.96. The van der Waals surface area contributed by atoms with Gasteiger partial charge >= 0.3 is 0 Å². The average Bonchev–Trinajstić information content (AvgIpc) is 2.40. The lowest BCUT2D eigenvalue weighted by Gasteiger charge is -2.30. The van der Waals surface area contributed by atoms with Crippen LogP contribution in [0.25, 0.3) is 0 Å². The molecule has 0 saturated carbocycles. The third-order valence-corrected chi connectivity index (χ3v) is 4.89. The van der Waals surface area contributed by atoms with Crippen LogP contribution in [-0.4, -0.2) is 44.0 Å². The molecule has 0 N–H and O–H groups in total. The minimum absolute atomic E-state index is 0.176. The van der Waals surface area contributed by atoms with Crippen molar-refractivity contribution in [2.45, 2.75) is 23.8 Å². The van der Waals surface area contributed by atoms with Crippen molar-refractivity contribution >= 4 is 10.0 Å². The molecule has 0 unspecified atom stereocenters. The molecule has 0 aromatic carbocycles. The first-order valence-electron chi connectivity index (χ1n) is 5.57. The van der Waals surface area contributed by atoms with Gasteiger partial charge in [-0.25, -0.2) is 8.42 Å². The summed E-state index contributed by atoms with van der Waals surface area (Å²) in [6.07, 6.45) is 4.62. The zero-order chi connectivity index (χ0) is 12.3. The Balaban J connectivity index is 2.13. The van der Waals surface area contributed by atoms with Crippen molar-refractivity contribution in [2.75, 3.05) is 20.2 Å². The van der Waals surface area contributed by atoms with Crippen LogP contribution >= 0.6 is 0 Å². The van der Waals surface area contributed by atoms with Crippen LogP contribution in [0.5, 0.6) is 0 Å². The minimum atomic E-state index is -3.38. The van der Waals surface area contributed by atoms with E-state index >= 15 is 0 Å². The van der Waals surface area contributed by atoms with Crippen molar-refractivity contribution in [1.82, 2.24) is 9.29 Å². The first kappa shape index (κ1) is 12.5. The largest absolute Gasteiger partial charge is 0.381 e. The van der Waals surface area contributed by atoms with E-state index in [9.17, 15) is 8.42 Å². The van der Waals surface area contributed by atoms with Crippen molar-refractivity contribution < 1.29 is 13.2 Å². The first-order chi connectivity index (χ1) is 8.14. The molecule has 0 bridgehead atoms. The maximum Gasteiger partial charge on any atom is 0.244 e. The third-order valence-electron chi connectivity index (χ3n) is 3.01. The molecule has 1 aromatic heterocycles. The maximum absolute atomic E-state index is 12.2. The molecule has 17 heavy (non-hydrogen) atoms. The fourth-order valence-corrected chi connectivity index (χ4v) is 3.39. The molecule has 0 amide bonds. The molecular formula is C11H16N2O3S. The van der Waals surface area contributed by atoms with Gasteiger partial charge < -0.3 is 4.74 Å². The van der Waals surface area contributed by atoms with Crippen LogP contribution in [0.2, 0.25) is 0 Å². The Morgan fingerprint density at radius 2 is 2.12 bits per heavy atom. The predicted octanol–water partition coefficient (Wildman–Crippen LogP) is 0.881. The van der Waals surface area contributed by atoms with E-state index in [1.54, 1.807) is 25.4 Å². The molecule has 1 saturated heterocycles. The van der Waals surface area contributed by atoms with E-state index in [-0.39, 0.29) is 11.0 Å². The predicted molar refractivity (Wildman–Crippen MR) is 63.0 cm³/mol. The molecule has 2 heterocycles. The zero-order valence-corrected chi connectivity index (χ0v) is 10.6. The molecular weight excluding hydrogens is 240 g/mol. The highest BCUT2D eigenvalue weighted by Gasteiger charge is 2.29. The number of hydrogen-bond donors (Lipinski definition) is 0. The molecule has 5 nitrogen and oxygen atoms in total. The topological polar surface area (TPSA) is 59.5 Å². The van der Waals surface area contributed by atoms with Gasteiger partial charge in [0.15, 0.2) is 0 Å². The van der Waals surface area contributed by atoms with E-state index in [2.05, 4.69) is 4.98 Å². The summed E-state index contributed by atoms with van der Waals surface area (Å²) < 4.78 is 31.2. The van der Waals surface area contributed by atoms with E-state index in [0.29, 0.717) is 13.1 Å². The van der Waals surface area contributed by atoms with E-state index in [4.69, 9.17) is 4.74 Å². The molecule has 94 valence electrons. The van der Waals surface area contributed by atoms with E-state index < -0.39 is 10.0 Å². The lowest BCUT2D eigenvalue weighted by molar-refractivity contribution is 0.0604. The maximum atomic E-state index is 12.2. The van der Waals surface area contributed by atoms with Crippen LogP contribution in [0.4, 0.5) is 0 Å². The summed E-state index contributed by atoms with van der Waals surface area (Å²) in [5.74, 6) is 0. The molecule has 0 atom stereocenters. The number of sulfonamides is 1. The lowest BCUT2D eigenvalue weighted by atomic mass is 10.1. The Bertz CT molecular complexity index is 453. The number of rotatable bonds is 3. The van der Waals surface area contributed by atoms with Crippen LogP contribution in [0, 0.1) is 0 Å². The Hall–Kier alpha value is -0.980. The summed E-state index contributed by atoms with van der Waals surface area (Å²) in [5, 5.41) is 0. The zero-order valence-electron chi connectivity index (χ0n) is 9.74. The number of ether oxygens (including phenoxy) is 1. The van der Waals surface area contributed by atoms with Crippen LogP contribution in [0.15, 0.2) is 29.4 Å². The minimum Gasteiger partial charge on any atom is -0.381 e. The van der Waals surface area contributed by atoms with Gasteiger partial charge in [0.25, 0.3) is 0 Å². The standard InChI is InChI=1S/C11H16N2O3S/c1-16-10-4-7-13(8-5-10)17(14,15)11-3-2-6-12-9-11/h2-3,6,9-10H,4-5,7-8H2,1H3. The van der Waals surface area contributed by atoms with Crippen LogP contribution in [0.3, 0.4) is 0 Å². The summed E-state index contributed by atoms with van der Waals surface area (Å²) in [6.45, 7) is 1.02. The molecule has 6 heteroatoms. The monoisotopic (exact) mass is 256 g/mol. The van der Waals surface area contributed by atoms with Crippen molar-refractivity contribution in [1.29, 1.82) is 0 Å². The quantitative estimate of drug-likeness (QED) is 0.805. The molecule has 1 fully saturated rings. The van der Waals surface area contributed by atoms with Crippen molar-refractivity contribution in [3.05, 3.63) is 24.5 Å². The van der Waals surface area contributed by atoms with Gasteiger partial charge in [0.1, 0.15) is 4.90 Å². The molecule has 0 aliphatic carbocycles. The lowest BCUT2D eigenvalue weighted by Crippen LogP contribution is -2.40. The number of hydrogen-bond acceptors (Lipinski definition) is 4. The molecule has 1 aliphatic rings.